The number of nitrogens with one attached hydrogen (secondary N) is 1. The number of halogens is 1. The van der Waals surface area contributed by atoms with Gasteiger partial charge in [-0.2, -0.15) is 0 Å². The lowest BCUT2D eigenvalue weighted by molar-refractivity contribution is -0.129. The maximum absolute atomic E-state index is 13.3. The van der Waals surface area contributed by atoms with Crippen molar-refractivity contribution in [2.24, 2.45) is 5.92 Å². The lowest BCUT2D eigenvalue weighted by atomic mass is 9.94. The van der Waals surface area contributed by atoms with Crippen molar-refractivity contribution in [1.29, 1.82) is 0 Å². The predicted octanol–water partition coefficient (Wildman–Crippen LogP) is 4.02. The molecule has 2 amide bonds. The van der Waals surface area contributed by atoms with E-state index in [1.807, 2.05) is 35.2 Å². The van der Waals surface area contributed by atoms with Crippen LogP contribution in [0, 0.1) is 5.92 Å². The molecule has 1 aliphatic carbocycles. The first-order valence-corrected chi connectivity index (χ1v) is 12.1. The molecule has 1 aliphatic heterocycles. The standard InChI is InChI=1S/C26H32ClN3O2/c27-23-13-7-6-12-22(23)26(32)30-18-16-29(17-19-30)24(21-10-4-5-11-21)25(31)28-15-14-20-8-2-1-3-9-20/h1-3,6-9,12-13,21,24H,4-5,10-11,14-19H2,(H,28,31)/t24-/m1/s1. The zero-order chi connectivity index (χ0) is 22.3. The predicted molar refractivity (Wildman–Crippen MR) is 128 cm³/mol. The number of hydrogen-bond acceptors (Lipinski definition) is 3. The zero-order valence-electron chi connectivity index (χ0n) is 18.5. The van der Waals surface area contributed by atoms with Crippen molar-refractivity contribution >= 4 is 23.4 Å². The highest BCUT2D eigenvalue weighted by Gasteiger charge is 2.37. The summed E-state index contributed by atoms with van der Waals surface area (Å²) in [5, 5.41) is 3.68. The minimum absolute atomic E-state index is 0.0278. The molecular formula is C26H32ClN3O2. The smallest absolute Gasteiger partial charge is 0.255 e. The molecule has 2 fully saturated rings. The summed E-state index contributed by atoms with van der Waals surface area (Å²) in [6.45, 7) is 3.30. The van der Waals surface area contributed by atoms with Crippen molar-refractivity contribution in [2.45, 2.75) is 38.1 Å². The van der Waals surface area contributed by atoms with Crippen molar-refractivity contribution in [3.63, 3.8) is 0 Å². The van der Waals surface area contributed by atoms with E-state index in [9.17, 15) is 9.59 Å². The zero-order valence-corrected chi connectivity index (χ0v) is 19.3. The summed E-state index contributed by atoms with van der Waals surface area (Å²) in [5.41, 5.74) is 1.78. The highest BCUT2D eigenvalue weighted by Crippen LogP contribution is 2.31. The van der Waals surface area contributed by atoms with Gasteiger partial charge in [0.15, 0.2) is 0 Å². The fraction of sp³-hybridized carbons (Fsp3) is 0.462. The van der Waals surface area contributed by atoms with Gasteiger partial charge in [0.25, 0.3) is 5.91 Å². The highest BCUT2D eigenvalue weighted by atomic mass is 35.5. The van der Waals surface area contributed by atoms with E-state index in [0.717, 1.165) is 19.3 Å². The van der Waals surface area contributed by atoms with Gasteiger partial charge >= 0.3 is 0 Å². The second-order valence-electron chi connectivity index (χ2n) is 8.82. The van der Waals surface area contributed by atoms with E-state index >= 15 is 0 Å². The van der Waals surface area contributed by atoms with E-state index in [-0.39, 0.29) is 17.9 Å². The minimum atomic E-state index is -0.106. The van der Waals surface area contributed by atoms with Crippen molar-refractivity contribution in [2.75, 3.05) is 32.7 Å². The SMILES string of the molecule is O=C(NCCc1ccccc1)[C@@H](C1CCCC1)N1CCN(C(=O)c2ccccc2Cl)CC1. The van der Waals surface area contributed by atoms with Gasteiger partial charge in [-0.1, -0.05) is 66.9 Å². The Balaban J connectivity index is 1.35. The number of rotatable bonds is 7. The monoisotopic (exact) mass is 453 g/mol. The van der Waals surface area contributed by atoms with Crippen molar-refractivity contribution in [3.05, 3.63) is 70.7 Å². The van der Waals surface area contributed by atoms with Crippen LogP contribution in [0.3, 0.4) is 0 Å². The molecule has 0 unspecified atom stereocenters. The second-order valence-corrected chi connectivity index (χ2v) is 9.23. The molecule has 1 saturated carbocycles. The van der Waals surface area contributed by atoms with Gasteiger partial charge in [0.05, 0.1) is 16.6 Å². The van der Waals surface area contributed by atoms with Gasteiger partial charge in [-0.3, -0.25) is 14.5 Å². The molecule has 1 atom stereocenters. The minimum Gasteiger partial charge on any atom is -0.354 e. The van der Waals surface area contributed by atoms with Gasteiger partial charge in [-0.05, 0) is 42.9 Å². The molecule has 2 aromatic carbocycles. The first-order valence-electron chi connectivity index (χ1n) is 11.7. The van der Waals surface area contributed by atoms with Crippen LogP contribution in [0.25, 0.3) is 0 Å². The summed E-state index contributed by atoms with van der Waals surface area (Å²) in [6.07, 6.45) is 5.45. The van der Waals surface area contributed by atoms with Gasteiger partial charge in [-0.25, -0.2) is 0 Å². The van der Waals surface area contributed by atoms with E-state index in [1.54, 1.807) is 12.1 Å². The average Bonchev–Trinajstić information content (AvgIpc) is 3.35. The van der Waals surface area contributed by atoms with E-state index < -0.39 is 0 Å². The molecule has 0 spiro atoms. The molecule has 1 N–H and O–H groups in total. The van der Waals surface area contributed by atoms with Gasteiger partial charge in [-0.15, -0.1) is 0 Å². The molecule has 32 heavy (non-hydrogen) atoms. The summed E-state index contributed by atoms with van der Waals surface area (Å²) < 4.78 is 0. The average molecular weight is 454 g/mol. The van der Waals surface area contributed by atoms with Crippen LogP contribution in [0.5, 0.6) is 0 Å². The second kappa shape index (κ2) is 11.0. The Hall–Kier alpha value is -2.37. The first-order chi connectivity index (χ1) is 15.6. The normalized spacial score (nSPS) is 18.5. The molecule has 1 saturated heterocycles. The maximum Gasteiger partial charge on any atom is 0.255 e. The number of piperazine rings is 1. The molecule has 4 rings (SSSR count). The van der Waals surface area contributed by atoms with Crippen LogP contribution >= 0.6 is 11.6 Å². The Morgan fingerprint density at radius 3 is 2.28 bits per heavy atom. The molecule has 6 heteroatoms. The quantitative estimate of drug-likeness (QED) is 0.689. The van der Waals surface area contributed by atoms with Crippen LogP contribution in [0.1, 0.15) is 41.6 Å². The Bertz CT molecular complexity index is 906. The van der Waals surface area contributed by atoms with Gasteiger partial charge in [0.2, 0.25) is 5.91 Å². The Morgan fingerprint density at radius 2 is 1.59 bits per heavy atom. The van der Waals surface area contributed by atoms with Crippen molar-refractivity contribution < 1.29 is 9.59 Å². The Morgan fingerprint density at radius 1 is 0.938 bits per heavy atom. The summed E-state index contributed by atoms with van der Waals surface area (Å²) in [4.78, 5) is 30.3. The first kappa shape index (κ1) is 22.8. The number of carbonyl (C=O) groups is 2. The summed E-state index contributed by atoms with van der Waals surface area (Å²) >= 11 is 6.23. The third-order valence-corrected chi connectivity index (χ3v) is 7.10. The van der Waals surface area contributed by atoms with Crippen LogP contribution in [0.15, 0.2) is 54.6 Å². The van der Waals surface area contributed by atoms with Gasteiger partial charge in [0, 0.05) is 32.7 Å². The van der Waals surface area contributed by atoms with E-state index in [1.165, 1.54) is 18.4 Å². The topological polar surface area (TPSA) is 52.7 Å². The van der Waals surface area contributed by atoms with Gasteiger partial charge in [0.1, 0.15) is 0 Å². The number of benzene rings is 2. The third-order valence-electron chi connectivity index (χ3n) is 6.77. The van der Waals surface area contributed by atoms with Crippen LogP contribution in [-0.2, 0) is 11.2 Å². The largest absolute Gasteiger partial charge is 0.354 e. The summed E-state index contributed by atoms with van der Waals surface area (Å²) in [5.74, 6) is 0.510. The fourth-order valence-electron chi connectivity index (χ4n) is 5.04. The van der Waals surface area contributed by atoms with Crippen LogP contribution < -0.4 is 5.32 Å². The molecule has 0 radical (unpaired) electrons. The molecule has 170 valence electrons. The number of amides is 2. The molecular weight excluding hydrogens is 422 g/mol. The molecule has 5 nitrogen and oxygen atoms in total. The third kappa shape index (κ3) is 5.51. The summed E-state index contributed by atoms with van der Waals surface area (Å²) in [7, 11) is 0. The number of nitrogens with zero attached hydrogens (tertiary/aromatic N) is 2. The van der Waals surface area contributed by atoms with Crippen molar-refractivity contribution in [3.8, 4) is 0 Å². The van der Waals surface area contributed by atoms with E-state index in [2.05, 4.69) is 22.3 Å². The fourth-order valence-corrected chi connectivity index (χ4v) is 5.26. The van der Waals surface area contributed by atoms with Crippen LogP contribution in [0.4, 0.5) is 0 Å². The van der Waals surface area contributed by atoms with E-state index in [0.29, 0.717) is 49.2 Å². The van der Waals surface area contributed by atoms with Crippen LogP contribution in [-0.4, -0.2) is 60.4 Å². The van der Waals surface area contributed by atoms with Crippen LogP contribution in [0.2, 0.25) is 5.02 Å². The molecule has 2 aliphatic rings. The maximum atomic E-state index is 13.3. The number of carbonyl (C=O) groups excluding carboxylic acids is 2. The van der Waals surface area contributed by atoms with E-state index in [4.69, 9.17) is 11.6 Å². The molecule has 0 bridgehead atoms. The Labute approximate surface area is 195 Å². The summed E-state index contributed by atoms with van der Waals surface area (Å²) in [6, 6.07) is 17.3. The number of hydrogen-bond donors (Lipinski definition) is 1. The lowest BCUT2D eigenvalue weighted by Gasteiger charge is -2.40. The Kier molecular flexibility index (Phi) is 7.82. The molecule has 1 heterocycles. The lowest BCUT2D eigenvalue weighted by Crippen LogP contribution is -2.58. The van der Waals surface area contributed by atoms with Gasteiger partial charge < -0.3 is 10.2 Å². The highest BCUT2D eigenvalue weighted by molar-refractivity contribution is 6.33. The molecule has 2 aromatic rings. The van der Waals surface area contributed by atoms with Crippen molar-refractivity contribution in [1.82, 2.24) is 15.1 Å². The molecule has 0 aromatic heterocycles.